The number of H-pyrrole nitrogens is 1. The molecule has 0 spiro atoms. The summed E-state index contributed by atoms with van der Waals surface area (Å²) < 4.78 is 0. The number of fused-ring (bicyclic) bond motifs is 1. The molecule has 7 nitrogen and oxygen atoms in total. The van der Waals surface area contributed by atoms with Gasteiger partial charge in [-0.3, -0.25) is 0 Å². The van der Waals surface area contributed by atoms with Crippen LogP contribution in [0.4, 0.5) is 5.82 Å². The summed E-state index contributed by atoms with van der Waals surface area (Å²) in [6.07, 6.45) is 1.31. The van der Waals surface area contributed by atoms with Gasteiger partial charge >= 0.3 is 0 Å². The first-order valence-corrected chi connectivity index (χ1v) is 9.49. The summed E-state index contributed by atoms with van der Waals surface area (Å²) in [5.74, 6) is 0.958. The molecule has 4 atom stereocenters. The quantitative estimate of drug-likeness (QED) is 0.429. The lowest BCUT2D eigenvalue weighted by Crippen LogP contribution is -2.35. The minimum Gasteiger partial charge on any atom is -0.389 e. The number of hydrogen-bond donors (Lipinski definition) is 5. The molecule has 0 saturated carbocycles. The molecular weight excluding hydrogens is 374 g/mol. The topological polar surface area (TPSA) is 120 Å². The highest BCUT2D eigenvalue weighted by Crippen LogP contribution is 2.34. The molecule has 0 aliphatic carbocycles. The van der Waals surface area contributed by atoms with Crippen LogP contribution in [0.2, 0.25) is 5.02 Å². The fraction of sp³-hybridized carbons (Fsp3) is 0.294. The van der Waals surface area contributed by atoms with Gasteiger partial charge in [0.15, 0.2) is 5.82 Å². The number of nitrogens with one attached hydrogen (secondary N) is 2. The third-order valence-corrected chi connectivity index (χ3v) is 5.98. The summed E-state index contributed by atoms with van der Waals surface area (Å²) in [7, 11) is 0. The van der Waals surface area contributed by atoms with Crippen LogP contribution in [-0.2, 0) is 0 Å². The van der Waals surface area contributed by atoms with Crippen LogP contribution in [0.1, 0.15) is 11.6 Å². The Morgan fingerprint density at radius 1 is 1.15 bits per heavy atom. The average molecular weight is 392 g/mol. The number of rotatable bonds is 4. The van der Waals surface area contributed by atoms with Crippen molar-refractivity contribution in [1.82, 2.24) is 20.3 Å². The molecule has 3 heterocycles. The van der Waals surface area contributed by atoms with Gasteiger partial charge in [-0.1, -0.05) is 11.6 Å². The zero-order chi connectivity index (χ0) is 18.3. The van der Waals surface area contributed by atoms with E-state index >= 15 is 0 Å². The van der Waals surface area contributed by atoms with Crippen molar-refractivity contribution in [2.24, 2.45) is 0 Å². The Morgan fingerprint density at radius 3 is 2.69 bits per heavy atom. The third kappa shape index (κ3) is 3.15. The van der Waals surface area contributed by atoms with Gasteiger partial charge in [0.25, 0.3) is 0 Å². The lowest BCUT2D eigenvalue weighted by Gasteiger charge is -2.15. The zero-order valence-corrected chi connectivity index (χ0v) is 15.2. The minimum atomic E-state index is -0.944. The molecule has 3 aromatic rings. The zero-order valence-electron chi connectivity index (χ0n) is 13.6. The van der Waals surface area contributed by atoms with Gasteiger partial charge in [0.1, 0.15) is 17.9 Å². The highest BCUT2D eigenvalue weighted by molar-refractivity contribution is 7.99. The molecule has 6 N–H and O–H groups in total. The van der Waals surface area contributed by atoms with E-state index in [1.165, 1.54) is 6.33 Å². The summed E-state index contributed by atoms with van der Waals surface area (Å²) in [4.78, 5) is 12.3. The van der Waals surface area contributed by atoms with Crippen LogP contribution < -0.4 is 11.1 Å². The van der Waals surface area contributed by atoms with E-state index in [0.29, 0.717) is 27.6 Å². The number of aliphatic hydroxyl groups is 2. The molecule has 0 bridgehead atoms. The Hall–Kier alpha value is -1.84. The van der Waals surface area contributed by atoms with E-state index in [9.17, 15) is 10.2 Å². The molecule has 0 radical (unpaired) electrons. The number of aromatic nitrogens is 3. The van der Waals surface area contributed by atoms with Crippen molar-refractivity contribution in [3.8, 4) is 0 Å². The van der Waals surface area contributed by atoms with Crippen molar-refractivity contribution >= 4 is 40.2 Å². The van der Waals surface area contributed by atoms with Crippen LogP contribution in [0.3, 0.4) is 0 Å². The second-order valence-corrected chi connectivity index (χ2v) is 7.75. The summed E-state index contributed by atoms with van der Waals surface area (Å²) in [5, 5.41) is 25.0. The molecule has 0 amide bonds. The molecule has 1 aromatic carbocycles. The van der Waals surface area contributed by atoms with Crippen LogP contribution in [0, 0.1) is 0 Å². The lowest BCUT2D eigenvalue weighted by molar-refractivity contribution is 0.0308. The maximum absolute atomic E-state index is 10.5. The van der Waals surface area contributed by atoms with Crippen molar-refractivity contribution in [3.63, 3.8) is 0 Å². The number of aromatic amines is 1. The van der Waals surface area contributed by atoms with Crippen molar-refractivity contribution in [1.29, 1.82) is 0 Å². The number of hydrogen-bond acceptors (Lipinski definition) is 7. The van der Waals surface area contributed by atoms with Gasteiger partial charge < -0.3 is 26.2 Å². The maximum atomic E-state index is 10.5. The Kier molecular flexibility index (Phi) is 4.76. The number of benzene rings is 1. The van der Waals surface area contributed by atoms with Gasteiger partial charge in [-0.05, 0) is 24.3 Å². The number of nitrogens with two attached hydrogens (primary N) is 1. The number of anilines is 1. The lowest BCUT2D eigenvalue weighted by atomic mass is 10.0. The summed E-state index contributed by atoms with van der Waals surface area (Å²) >= 11 is 7.49. The van der Waals surface area contributed by atoms with Crippen LogP contribution >= 0.6 is 23.4 Å². The Bertz CT molecular complexity index is 919. The maximum Gasteiger partial charge on any atom is 0.151 e. The monoisotopic (exact) mass is 391 g/mol. The molecule has 1 saturated heterocycles. The highest BCUT2D eigenvalue weighted by Gasteiger charge is 2.42. The second kappa shape index (κ2) is 7.05. The van der Waals surface area contributed by atoms with Crippen molar-refractivity contribution in [3.05, 3.63) is 47.4 Å². The van der Waals surface area contributed by atoms with Crippen LogP contribution in [0.5, 0.6) is 0 Å². The molecule has 2 aromatic heterocycles. The molecule has 1 aliphatic rings. The molecule has 136 valence electrons. The number of nitrogen functional groups attached to an aromatic ring is 1. The van der Waals surface area contributed by atoms with Gasteiger partial charge in [-0.15, -0.1) is 11.8 Å². The van der Waals surface area contributed by atoms with Gasteiger partial charge in [-0.2, -0.15) is 0 Å². The molecule has 1 aliphatic heterocycles. The smallest absolute Gasteiger partial charge is 0.151 e. The first-order valence-electron chi connectivity index (χ1n) is 8.12. The van der Waals surface area contributed by atoms with E-state index in [1.54, 1.807) is 18.0 Å². The molecule has 9 heteroatoms. The van der Waals surface area contributed by atoms with Gasteiger partial charge in [0.05, 0.1) is 17.7 Å². The Labute approximate surface area is 159 Å². The van der Waals surface area contributed by atoms with Crippen LogP contribution in [-0.4, -0.2) is 49.2 Å². The number of aliphatic hydroxyl groups excluding tert-OH is 2. The standard InChI is InChI=1S/C17H18ClN5O2S/c18-8-1-3-9(4-2-8)26-6-11-15(24)16(25)13(23-11)10-5-20-14-12(10)21-7-22-17(14)19/h1-5,7,11,13,15-16,20,23-25H,6H2,(H2,19,21,22)/t11-,13+,15+,16?/m1/s1. The predicted octanol–water partition coefficient (Wildman–Crippen LogP) is 1.72. The fourth-order valence-electron chi connectivity index (χ4n) is 3.22. The average Bonchev–Trinajstić information content (AvgIpc) is 3.18. The van der Waals surface area contributed by atoms with E-state index < -0.39 is 18.2 Å². The van der Waals surface area contributed by atoms with Crippen molar-refractivity contribution in [2.45, 2.75) is 29.2 Å². The second-order valence-electron chi connectivity index (χ2n) is 6.22. The van der Waals surface area contributed by atoms with E-state index in [1.807, 2.05) is 24.3 Å². The van der Waals surface area contributed by atoms with E-state index in [0.717, 1.165) is 10.5 Å². The molecule has 26 heavy (non-hydrogen) atoms. The summed E-state index contributed by atoms with van der Waals surface area (Å²) in [5.41, 5.74) is 7.89. The van der Waals surface area contributed by atoms with Crippen LogP contribution in [0.25, 0.3) is 11.0 Å². The van der Waals surface area contributed by atoms with Gasteiger partial charge in [0.2, 0.25) is 0 Å². The Balaban J connectivity index is 1.52. The summed E-state index contributed by atoms with van der Waals surface area (Å²) in [6.45, 7) is 0. The van der Waals surface area contributed by atoms with Crippen molar-refractivity contribution in [2.75, 3.05) is 11.5 Å². The van der Waals surface area contributed by atoms with Crippen molar-refractivity contribution < 1.29 is 10.2 Å². The SMILES string of the molecule is Nc1ncnc2c([C@@H]3N[C@H](CSc4ccc(Cl)cc4)[C@H](O)C3O)c[nH]c12. The first kappa shape index (κ1) is 17.6. The molecule has 1 fully saturated rings. The first-order chi connectivity index (χ1) is 12.5. The molecule has 4 rings (SSSR count). The van der Waals surface area contributed by atoms with E-state index in [-0.39, 0.29) is 6.04 Å². The molecular formula is C17H18ClN5O2S. The van der Waals surface area contributed by atoms with E-state index in [4.69, 9.17) is 17.3 Å². The third-order valence-electron chi connectivity index (χ3n) is 4.60. The highest BCUT2D eigenvalue weighted by atomic mass is 35.5. The number of nitrogens with zero attached hydrogens (tertiary/aromatic N) is 2. The van der Waals surface area contributed by atoms with E-state index in [2.05, 4.69) is 20.3 Å². The summed E-state index contributed by atoms with van der Waals surface area (Å²) in [6, 6.07) is 6.82. The fourth-order valence-corrected chi connectivity index (χ4v) is 4.34. The minimum absolute atomic E-state index is 0.264. The van der Waals surface area contributed by atoms with Gasteiger partial charge in [-0.25, -0.2) is 9.97 Å². The largest absolute Gasteiger partial charge is 0.389 e. The Morgan fingerprint density at radius 2 is 1.92 bits per heavy atom. The van der Waals surface area contributed by atoms with Gasteiger partial charge in [0, 0.05) is 33.5 Å². The van der Waals surface area contributed by atoms with Crippen LogP contribution in [0.15, 0.2) is 41.7 Å². The number of thioether (sulfide) groups is 1. The normalized spacial score (nSPS) is 25.8. The molecule has 1 unspecified atom stereocenters. The predicted molar refractivity (Wildman–Crippen MR) is 102 cm³/mol. The number of halogens is 1.